The predicted octanol–water partition coefficient (Wildman–Crippen LogP) is 4.41. The van der Waals surface area contributed by atoms with Crippen LogP contribution in [-0.2, 0) is 11.2 Å². The van der Waals surface area contributed by atoms with Crippen molar-refractivity contribution >= 4 is 28.8 Å². The van der Waals surface area contributed by atoms with E-state index in [2.05, 4.69) is 4.98 Å². The number of nitrogens with zero attached hydrogens (tertiary/aromatic N) is 1. The monoisotopic (exact) mass is 360 g/mol. The molecule has 122 valence electrons. The first kappa shape index (κ1) is 16.6. The van der Waals surface area contributed by atoms with E-state index in [1.807, 2.05) is 22.9 Å². The summed E-state index contributed by atoms with van der Waals surface area (Å²) in [6.07, 6.45) is 3.64. The molecule has 1 unspecified atom stereocenters. The Hall–Kier alpha value is -2.24. The van der Waals surface area contributed by atoms with Crippen molar-refractivity contribution in [3.8, 4) is 11.1 Å². The van der Waals surface area contributed by atoms with Gasteiger partial charge in [0.15, 0.2) is 0 Å². The largest absolute Gasteiger partial charge is 0.369 e. The average Bonchev–Trinajstić information content (AvgIpc) is 3.09. The molecule has 24 heavy (non-hydrogen) atoms. The number of carbonyl (C=O) groups excluding carboxylic acids is 1. The first-order valence-electron chi connectivity index (χ1n) is 7.25. The van der Waals surface area contributed by atoms with Crippen molar-refractivity contribution < 1.29 is 9.18 Å². The molecule has 0 aliphatic carbocycles. The first-order chi connectivity index (χ1) is 11.5. The van der Waals surface area contributed by atoms with Gasteiger partial charge in [-0.15, -0.1) is 0 Å². The second kappa shape index (κ2) is 7.11. The van der Waals surface area contributed by atoms with Gasteiger partial charge in [-0.2, -0.15) is 11.3 Å². The van der Waals surface area contributed by atoms with Crippen LogP contribution >= 0.6 is 22.9 Å². The lowest BCUT2D eigenvalue weighted by Gasteiger charge is -2.13. The average molecular weight is 361 g/mol. The molecule has 2 N–H and O–H groups in total. The summed E-state index contributed by atoms with van der Waals surface area (Å²) in [4.78, 5) is 16.0. The Bertz CT molecular complexity index is 867. The van der Waals surface area contributed by atoms with Crippen LogP contribution in [-0.4, -0.2) is 10.9 Å². The Morgan fingerprint density at radius 2 is 2.12 bits per heavy atom. The van der Waals surface area contributed by atoms with Crippen LogP contribution in [0.4, 0.5) is 4.39 Å². The molecule has 3 aromatic rings. The van der Waals surface area contributed by atoms with Crippen molar-refractivity contribution in [3.63, 3.8) is 0 Å². The van der Waals surface area contributed by atoms with Crippen LogP contribution in [0.3, 0.4) is 0 Å². The van der Waals surface area contributed by atoms with Crippen LogP contribution in [0.5, 0.6) is 0 Å². The van der Waals surface area contributed by atoms with E-state index in [-0.39, 0.29) is 5.82 Å². The third-order valence-electron chi connectivity index (χ3n) is 3.76. The Morgan fingerprint density at radius 3 is 2.83 bits per heavy atom. The van der Waals surface area contributed by atoms with Gasteiger partial charge >= 0.3 is 0 Å². The molecule has 1 atom stereocenters. The van der Waals surface area contributed by atoms with Gasteiger partial charge in [-0.1, -0.05) is 11.6 Å². The molecule has 0 saturated carbocycles. The molecule has 1 amide bonds. The number of thiophene rings is 1. The lowest BCUT2D eigenvalue weighted by molar-refractivity contribution is -0.119. The third kappa shape index (κ3) is 3.63. The standard InChI is InChI=1S/C18H14ClFN2OS/c19-14-1-2-17(20)15(7-14)13-5-11(8-22-9-13)6-16(18(21)23)12-3-4-24-10-12/h1-5,7-10,16H,6H2,(H2,21,23). The van der Waals surface area contributed by atoms with Crippen molar-refractivity contribution in [2.75, 3.05) is 0 Å². The molecule has 2 aromatic heterocycles. The van der Waals surface area contributed by atoms with Gasteiger partial charge in [-0.05, 0) is 58.6 Å². The van der Waals surface area contributed by atoms with Crippen molar-refractivity contribution in [1.82, 2.24) is 4.98 Å². The summed E-state index contributed by atoms with van der Waals surface area (Å²) in [5.74, 6) is -1.20. The zero-order chi connectivity index (χ0) is 17.1. The van der Waals surface area contributed by atoms with Crippen LogP contribution in [0.2, 0.25) is 5.02 Å². The van der Waals surface area contributed by atoms with Gasteiger partial charge in [-0.25, -0.2) is 4.39 Å². The highest BCUT2D eigenvalue weighted by atomic mass is 35.5. The maximum absolute atomic E-state index is 14.0. The maximum atomic E-state index is 14.0. The molecule has 0 spiro atoms. The topological polar surface area (TPSA) is 56.0 Å². The van der Waals surface area contributed by atoms with E-state index in [4.69, 9.17) is 17.3 Å². The van der Waals surface area contributed by atoms with Crippen LogP contribution in [0.1, 0.15) is 17.0 Å². The molecule has 0 saturated heterocycles. The number of benzene rings is 1. The molecule has 0 aliphatic rings. The number of amides is 1. The number of carbonyl (C=O) groups is 1. The minimum absolute atomic E-state index is 0.373. The number of aromatic nitrogens is 1. The van der Waals surface area contributed by atoms with Crippen molar-refractivity contribution in [2.24, 2.45) is 5.73 Å². The molecular weight excluding hydrogens is 347 g/mol. The summed E-state index contributed by atoms with van der Waals surface area (Å²) in [6.45, 7) is 0. The second-order valence-electron chi connectivity index (χ2n) is 5.42. The van der Waals surface area contributed by atoms with E-state index in [0.717, 1.165) is 11.1 Å². The molecule has 0 bridgehead atoms. The minimum atomic E-state index is -0.433. The first-order valence-corrected chi connectivity index (χ1v) is 8.57. The van der Waals surface area contributed by atoms with Gasteiger partial charge in [0.2, 0.25) is 5.91 Å². The van der Waals surface area contributed by atoms with Crippen molar-refractivity contribution in [2.45, 2.75) is 12.3 Å². The van der Waals surface area contributed by atoms with Gasteiger partial charge in [-0.3, -0.25) is 9.78 Å². The van der Waals surface area contributed by atoms with Gasteiger partial charge in [0.25, 0.3) is 0 Å². The number of nitrogens with two attached hydrogens (primary N) is 1. The number of hydrogen-bond donors (Lipinski definition) is 1. The molecular formula is C18H14ClFN2OS. The van der Waals surface area contributed by atoms with E-state index in [9.17, 15) is 9.18 Å². The lowest BCUT2D eigenvalue weighted by Crippen LogP contribution is -2.23. The Balaban J connectivity index is 1.93. The van der Waals surface area contributed by atoms with Crippen molar-refractivity contribution in [1.29, 1.82) is 0 Å². The molecule has 1 aromatic carbocycles. The Morgan fingerprint density at radius 1 is 1.29 bits per heavy atom. The van der Waals surface area contributed by atoms with E-state index in [1.54, 1.807) is 18.5 Å². The highest BCUT2D eigenvalue weighted by Crippen LogP contribution is 2.28. The lowest BCUT2D eigenvalue weighted by atomic mass is 9.93. The fourth-order valence-electron chi connectivity index (χ4n) is 2.56. The smallest absolute Gasteiger partial charge is 0.225 e. The second-order valence-corrected chi connectivity index (χ2v) is 6.64. The molecule has 3 nitrogen and oxygen atoms in total. The number of pyridine rings is 1. The summed E-state index contributed by atoms with van der Waals surface area (Å²) < 4.78 is 14.0. The zero-order valence-electron chi connectivity index (χ0n) is 12.6. The molecule has 6 heteroatoms. The summed E-state index contributed by atoms with van der Waals surface area (Å²) >= 11 is 7.46. The van der Waals surface area contributed by atoms with Gasteiger partial charge < -0.3 is 5.73 Å². The quantitative estimate of drug-likeness (QED) is 0.732. The van der Waals surface area contributed by atoms with Crippen LogP contribution in [0.15, 0.2) is 53.5 Å². The fraction of sp³-hybridized carbons (Fsp3) is 0.111. The van der Waals surface area contributed by atoms with E-state index >= 15 is 0 Å². The number of halogens is 2. The molecule has 0 fully saturated rings. The van der Waals surface area contributed by atoms with Crippen molar-refractivity contribution in [3.05, 3.63) is 75.5 Å². The highest BCUT2D eigenvalue weighted by Gasteiger charge is 2.19. The van der Waals surface area contributed by atoms with Crippen LogP contribution in [0, 0.1) is 5.82 Å². The normalized spacial score (nSPS) is 12.1. The summed E-state index contributed by atoms with van der Waals surface area (Å²) in [7, 11) is 0. The summed E-state index contributed by atoms with van der Waals surface area (Å²) in [6, 6.07) is 8.07. The Kier molecular flexibility index (Phi) is 4.92. The van der Waals surface area contributed by atoms with Gasteiger partial charge in [0.05, 0.1) is 5.92 Å². The van der Waals surface area contributed by atoms with E-state index < -0.39 is 11.8 Å². The van der Waals surface area contributed by atoms with Gasteiger partial charge in [0.1, 0.15) is 5.82 Å². The predicted molar refractivity (Wildman–Crippen MR) is 94.6 cm³/mol. The van der Waals surface area contributed by atoms with E-state index in [0.29, 0.717) is 22.6 Å². The SMILES string of the molecule is NC(=O)C(Cc1cncc(-c2cc(Cl)ccc2F)c1)c1ccsc1. The molecule has 2 heterocycles. The minimum Gasteiger partial charge on any atom is -0.369 e. The third-order valence-corrected chi connectivity index (χ3v) is 4.70. The number of rotatable bonds is 5. The van der Waals surface area contributed by atoms with E-state index in [1.165, 1.54) is 23.5 Å². The van der Waals surface area contributed by atoms with Crippen LogP contribution in [0.25, 0.3) is 11.1 Å². The summed E-state index contributed by atoms with van der Waals surface area (Å²) in [5.41, 5.74) is 8.22. The zero-order valence-corrected chi connectivity index (χ0v) is 14.2. The van der Waals surface area contributed by atoms with Gasteiger partial charge in [0, 0.05) is 28.5 Å². The Labute approximate surface area is 147 Å². The molecule has 0 aliphatic heterocycles. The maximum Gasteiger partial charge on any atom is 0.225 e. The fourth-order valence-corrected chi connectivity index (χ4v) is 3.44. The highest BCUT2D eigenvalue weighted by molar-refractivity contribution is 7.08. The number of primary amides is 1. The summed E-state index contributed by atoms with van der Waals surface area (Å²) in [5, 5.41) is 4.26. The number of hydrogen-bond acceptors (Lipinski definition) is 3. The van der Waals surface area contributed by atoms with Crippen LogP contribution < -0.4 is 5.73 Å². The molecule has 0 radical (unpaired) electrons. The molecule has 3 rings (SSSR count).